The zero-order valence-electron chi connectivity index (χ0n) is 12.6. The quantitative estimate of drug-likeness (QED) is 0.871. The van der Waals surface area contributed by atoms with E-state index >= 15 is 0 Å². The lowest BCUT2D eigenvalue weighted by molar-refractivity contribution is 0.368. The van der Waals surface area contributed by atoms with Crippen molar-refractivity contribution in [2.24, 2.45) is 5.92 Å². The van der Waals surface area contributed by atoms with Crippen molar-refractivity contribution >= 4 is 11.3 Å². The van der Waals surface area contributed by atoms with Crippen molar-refractivity contribution in [2.75, 3.05) is 6.54 Å². The summed E-state index contributed by atoms with van der Waals surface area (Å²) in [4.78, 5) is 5.57. The molecule has 0 radical (unpaired) electrons. The minimum absolute atomic E-state index is 0.169. The molecule has 1 N–H and O–H groups in total. The smallest absolute Gasteiger partial charge is 0.0794 e. The first-order valence-corrected chi connectivity index (χ1v) is 8.07. The molecule has 0 aliphatic carbocycles. The summed E-state index contributed by atoms with van der Waals surface area (Å²) in [5.74, 6) is 0.608. The lowest BCUT2D eigenvalue weighted by atomic mass is 9.94. The minimum atomic E-state index is 0.169. The Morgan fingerprint density at radius 2 is 1.90 bits per heavy atom. The SMILES string of the molecule is CC(C)(C)NCC(Cc1ccccc1)Cc1cncs1. The minimum Gasteiger partial charge on any atom is -0.312 e. The second-order valence-corrected chi connectivity index (χ2v) is 7.33. The van der Waals surface area contributed by atoms with E-state index in [1.165, 1.54) is 10.4 Å². The van der Waals surface area contributed by atoms with Crippen LogP contribution in [0.4, 0.5) is 0 Å². The van der Waals surface area contributed by atoms with E-state index in [9.17, 15) is 0 Å². The molecular formula is C17H24N2S. The average molecular weight is 288 g/mol. The van der Waals surface area contributed by atoms with Crippen LogP contribution in [0.1, 0.15) is 31.2 Å². The van der Waals surface area contributed by atoms with Crippen LogP contribution in [0.2, 0.25) is 0 Å². The van der Waals surface area contributed by atoms with Crippen LogP contribution in [0, 0.1) is 5.92 Å². The van der Waals surface area contributed by atoms with Gasteiger partial charge in [-0.3, -0.25) is 4.98 Å². The molecule has 1 aromatic carbocycles. The standard InChI is InChI=1S/C17H24N2S/c1-17(2,3)19-11-15(10-16-12-18-13-20-16)9-14-7-5-4-6-8-14/h4-8,12-13,15,19H,9-11H2,1-3H3. The van der Waals surface area contributed by atoms with Crippen molar-refractivity contribution in [3.8, 4) is 0 Å². The highest BCUT2D eigenvalue weighted by Crippen LogP contribution is 2.17. The second-order valence-electron chi connectivity index (χ2n) is 6.36. The Kier molecular flexibility index (Phi) is 5.32. The molecule has 0 saturated carbocycles. The van der Waals surface area contributed by atoms with Crippen LogP contribution < -0.4 is 5.32 Å². The summed E-state index contributed by atoms with van der Waals surface area (Å²) in [7, 11) is 0. The summed E-state index contributed by atoms with van der Waals surface area (Å²) >= 11 is 1.76. The Bertz CT molecular complexity index is 485. The molecule has 3 heteroatoms. The van der Waals surface area contributed by atoms with E-state index in [4.69, 9.17) is 0 Å². The van der Waals surface area contributed by atoms with E-state index in [0.29, 0.717) is 5.92 Å². The van der Waals surface area contributed by atoms with E-state index in [1.807, 2.05) is 11.7 Å². The first kappa shape index (κ1) is 15.2. The van der Waals surface area contributed by atoms with Crippen LogP contribution >= 0.6 is 11.3 Å². The summed E-state index contributed by atoms with van der Waals surface area (Å²) in [6, 6.07) is 10.8. The molecule has 0 saturated heterocycles. The molecule has 2 nitrogen and oxygen atoms in total. The Labute approximate surface area is 126 Å². The molecule has 2 aromatic rings. The van der Waals surface area contributed by atoms with Crippen LogP contribution in [0.25, 0.3) is 0 Å². The molecule has 0 aliphatic rings. The van der Waals surface area contributed by atoms with Gasteiger partial charge in [-0.25, -0.2) is 0 Å². The van der Waals surface area contributed by atoms with Crippen molar-refractivity contribution in [2.45, 2.75) is 39.2 Å². The molecule has 108 valence electrons. The molecular weight excluding hydrogens is 264 g/mol. The average Bonchev–Trinajstić information content (AvgIpc) is 2.89. The van der Waals surface area contributed by atoms with Gasteiger partial charge in [0.25, 0.3) is 0 Å². The zero-order chi connectivity index (χ0) is 14.4. The largest absolute Gasteiger partial charge is 0.312 e. The fourth-order valence-electron chi connectivity index (χ4n) is 2.24. The maximum Gasteiger partial charge on any atom is 0.0794 e. The first-order chi connectivity index (χ1) is 9.53. The summed E-state index contributed by atoms with van der Waals surface area (Å²) < 4.78 is 0. The third kappa shape index (κ3) is 5.43. The van der Waals surface area contributed by atoms with Crippen LogP contribution in [-0.2, 0) is 12.8 Å². The lowest BCUT2D eigenvalue weighted by Crippen LogP contribution is -2.40. The Balaban J connectivity index is 1.99. The topological polar surface area (TPSA) is 24.9 Å². The number of hydrogen-bond donors (Lipinski definition) is 1. The monoisotopic (exact) mass is 288 g/mol. The third-order valence-corrected chi connectivity index (χ3v) is 4.06. The predicted octanol–water partition coefficient (Wildman–Crippen LogP) is 3.93. The van der Waals surface area contributed by atoms with Gasteiger partial charge in [-0.05, 0) is 51.6 Å². The summed E-state index contributed by atoms with van der Waals surface area (Å²) in [6.07, 6.45) is 4.21. The maximum absolute atomic E-state index is 4.19. The normalized spacial score (nSPS) is 13.3. The number of nitrogens with one attached hydrogen (secondary N) is 1. The van der Waals surface area contributed by atoms with E-state index in [1.54, 1.807) is 11.3 Å². The van der Waals surface area contributed by atoms with Gasteiger partial charge in [0, 0.05) is 16.6 Å². The number of benzene rings is 1. The highest BCUT2D eigenvalue weighted by molar-refractivity contribution is 7.09. The van der Waals surface area contributed by atoms with Gasteiger partial charge in [0.15, 0.2) is 0 Å². The van der Waals surface area contributed by atoms with Crippen LogP contribution in [0.3, 0.4) is 0 Å². The van der Waals surface area contributed by atoms with Gasteiger partial charge >= 0.3 is 0 Å². The number of aromatic nitrogens is 1. The molecule has 0 aliphatic heterocycles. The molecule has 1 unspecified atom stereocenters. The van der Waals surface area contributed by atoms with E-state index in [2.05, 4.69) is 61.4 Å². The summed E-state index contributed by atoms with van der Waals surface area (Å²) in [6.45, 7) is 7.70. The van der Waals surface area contributed by atoms with Crippen molar-refractivity contribution in [1.82, 2.24) is 10.3 Å². The lowest BCUT2D eigenvalue weighted by Gasteiger charge is -2.25. The fourth-order valence-corrected chi connectivity index (χ4v) is 2.95. The third-order valence-electron chi connectivity index (χ3n) is 3.26. The molecule has 0 amide bonds. The second kappa shape index (κ2) is 7.00. The number of thiazole rings is 1. The summed E-state index contributed by atoms with van der Waals surface area (Å²) in [5.41, 5.74) is 3.51. The van der Waals surface area contributed by atoms with Gasteiger partial charge in [-0.15, -0.1) is 11.3 Å². The van der Waals surface area contributed by atoms with Crippen LogP contribution in [0.5, 0.6) is 0 Å². The first-order valence-electron chi connectivity index (χ1n) is 7.19. The molecule has 0 bridgehead atoms. The number of rotatable bonds is 6. The Morgan fingerprint density at radius 3 is 2.50 bits per heavy atom. The molecule has 1 atom stereocenters. The Morgan fingerprint density at radius 1 is 1.15 bits per heavy atom. The predicted molar refractivity (Wildman–Crippen MR) is 87.2 cm³/mol. The molecule has 0 spiro atoms. The van der Waals surface area contributed by atoms with Gasteiger partial charge in [0.2, 0.25) is 0 Å². The maximum atomic E-state index is 4.19. The molecule has 1 heterocycles. The molecule has 0 fully saturated rings. The van der Waals surface area contributed by atoms with Crippen LogP contribution in [0.15, 0.2) is 42.0 Å². The van der Waals surface area contributed by atoms with Crippen molar-refractivity contribution in [3.05, 3.63) is 52.5 Å². The van der Waals surface area contributed by atoms with E-state index < -0.39 is 0 Å². The van der Waals surface area contributed by atoms with E-state index in [-0.39, 0.29) is 5.54 Å². The van der Waals surface area contributed by atoms with E-state index in [0.717, 1.165) is 19.4 Å². The highest BCUT2D eigenvalue weighted by atomic mass is 32.1. The van der Waals surface area contributed by atoms with Gasteiger partial charge < -0.3 is 5.32 Å². The number of hydrogen-bond acceptors (Lipinski definition) is 3. The van der Waals surface area contributed by atoms with Crippen molar-refractivity contribution in [3.63, 3.8) is 0 Å². The summed E-state index contributed by atoms with van der Waals surface area (Å²) in [5, 5.41) is 3.64. The van der Waals surface area contributed by atoms with Crippen molar-refractivity contribution in [1.29, 1.82) is 0 Å². The van der Waals surface area contributed by atoms with Crippen LogP contribution in [-0.4, -0.2) is 17.1 Å². The molecule has 1 aromatic heterocycles. The van der Waals surface area contributed by atoms with Crippen molar-refractivity contribution < 1.29 is 0 Å². The molecule has 20 heavy (non-hydrogen) atoms. The number of nitrogens with zero attached hydrogens (tertiary/aromatic N) is 1. The van der Waals surface area contributed by atoms with Gasteiger partial charge in [0.05, 0.1) is 5.51 Å². The fraction of sp³-hybridized carbons (Fsp3) is 0.471. The highest BCUT2D eigenvalue weighted by Gasteiger charge is 2.16. The Hall–Kier alpha value is -1.19. The van der Waals surface area contributed by atoms with Gasteiger partial charge in [0.1, 0.15) is 0 Å². The van der Waals surface area contributed by atoms with Gasteiger partial charge in [-0.1, -0.05) is 30.3 Å². The zero-order valence-corrected chi connectivity index (χ0v) is 13.4. The molecule has 2 rings (SSSR count). The van der Waals surface area contributed by atoms with Gasteiger partial charge in [-0.2, -0.15) is 0 Å².